The molecule has 0 saturated heterocycles. The van der Waals surface area contributed by atoms with Crippen LogP contribution in [0.1, 0.15) is 51.8 Å². The number of guanidine groups is 1. The van der Waals surface area contributed by atoms with E-state index in [2.05, 4.69) is 31.1 Å². The largest absolute Gasteiger partial charge is 0.383 e. The van der Waals surface area contributed by atoms with Crippen LogP contribution in [0.5, 0.6) is 0 Å². The molecule has 0 aliphatic carbocycles. The fourth-order valence-electron chi connectivity index (χ4n) is 2.10. The van der Waals surface area contributed by atoms with Crippen molar-refractivity contribution in [3.05, 3.63) is 22.4 Å². The molecule has 0 aliphatic rings. The Kier molecular flexibility index (Phi) is 10.3. The number of nitrogens with zero attached hydrogens (tertiary/aromatic N) is 1. The van der Waals surface area contributed by atoms with E-state index < -0.39 is 5.60 Å². The molecule has 0 bridgehead atoms. The van der Waals surface area contributed by atoms with Crippen molar-refractivity contribution < 1.29 is 5.11 Å². The Balaban J connectivity index is 0.00000441. The summed E-state index contributed by atoms with van der Waals surface area (Å²) in [5.41, 5.74) is 4.94. The lowest BCUT2D eigenvalue weighted by molar-refractivity contribution is 0.0712. The zero-order chi connectivity index (χ0) is 15.9. The van der Waals surface area contributed by atoms with Crippen LogP contribution in [0.2, 0.25) is 0 Å². The number of nitrogens with one attached hydrogen (secondary N) is 1. The van der Waals surface area contributed by atoms with Crippen LogP contribution in [0.3, 0.4) is 0 Å². The number of halogens is 1. The Hall–Kier alpha value is -0.340. The Morgan fingerprint density at radius 3 is 2.64 bits per heavy atom. The van der Waals surface area contributed by atoms with Crippen molar-refractivity contribution in [3.63, 3.8) is 0 Å². The highest BCUT2D eigenvalue weighted by Crippen LogP contribution is 2.25. The SMILES string of the molecule is CC(C)CCCC(C)NC(N)=NCC(C)(O)c1cccs1.I. The maximum Gasteiger partial charge on any atom is 0.188 e. The number of thiophene rings is 1. The summed E-state index contributed by atoms with van der Waals surface area (Å²) < 4.78 is 0. The highest BCUT2D eigenvalue weighted by Gasteiger charge is 2.23. The maximum atomic E-state index is 10.4. The third kappa shape index (κ3) is 8.33. The third-order valence-corrected chi connectivity index (χ3v) is 4.55. The van der Waals surface area contributed by atoms with Gasteiger partial charge in [0.05, 0.1) is 6.54 Å². The Bertz CT molecular complexity index is 433. The van der Waals surface area contributed by atoms with E-state index in [1.807, 2.05) is 17.5 Å². The fraction of sp³-hybridized carbons (Fsp3) is 0.688. The molecule has 128 valence electrons. The van der Waals surface area contributed by atoms with Gasteiger partial charge in [0, 0.05) is 10.9 Å². The van der Waals surface area contributed by atoms with Gasteiger partial charge in [0.2, 0.25) is 0 Å². The number of rotatable bonds is 8. The molecule has 0 fully saturated rings. The molecule has 1 aromatic heterocycles. The van der Waals surface area contributed by atoms with Crippen molar-refractivity contribution in [1.82, 2.24) is 5.32 Å². The van der Waals surface area contributed by atoms with Gasteiger partial charge in [-0.1, -0.05) is 32.8 Å². The zero-order valence-electron chi connectivity index (χ0n) is 14.0. The molecule has 4 N–H and O–H groups in total. The maximum absolute atomic E-state index is 10.4. The Morgan fingerprint density at radius 2 is 2.09 bits per heavy atom. The van der Waals surface area contributed by atoms with Crippen molar-refractivity contribution in [2.45, 2.75) is 58.6 Å². The van der Waals surface area contributed by atoms with Gasteiger partial charge in [0.1, 0.15) is 5.60 Å². The van der Waals surface area contributed by atoms with Crippen molar-refractivity contribution in [1.29, 1.82) is 0 Å². The summed E-state index contributed by atoms with van der Waals surface area (Å²) in [7, 11) is 0. The average Bonchev–Trinajstić information content (AvgIpc) is 2.90. The van der Waals surface area contributed by atoms with Gasteiger partial charge in [-0.05, 0) is 37.6 Å². The minimum atomic E-state index is -0.957. The van der Waals surface area contributed by atoms with Gasteiger partial charge in [-0.15, -0.1) is 35.3 Å². The second-order valence-electron chi connectivity index (χ2n) is 6.32. The Labute approximate surface area is 155 Å². The first kappa shape index (κ1) is 21.7. The number of hydrogen-bond acceptors (Lipinski definition) is 3. The minimum absolute atomic E-state index is 0. The minimum Gasteiger partial charge on any atom is -0.383 e. The molecule has 22 heavy (non-hydrogen) atoms. The summed E-state index contributed by atoms with van der Waals surface area (Å²) in [6, 6.07) is 4.15. The number of nitrogens with two attached hydrogens (primary N) is 1. The van der Waals surface area contributed by atoms with Gasteiger partial charge in [0.25, 0.3) is 0 Å². The lowest BCUT2D eigenvalue weighted by atomic mass is 10.0. The van der Waals surface area contributed by atoms with Crippen LogP contribution in [0, 0.1) is 5.92 Å². The van der Waals surface area contributed by atoms with E-state index >= 15 is 0 Å². The Morgan fingerprint density at radius 1 is 1.41 bits per heavy atom. The van der Waals surface area contributed by atoms with E-state index in [9.17, 15) is 5.11 Å². The molecule has 0 amide bonds. The number of hydrogen-bond donors (Lipinski definition) is 3. The third-order valence-electron chi connectivity index (χ3n) is 3.42. The summed E-state index contributed by atoms with van der Waals surface area (Å²) in [5.74, 6) is 1.15. The van der Waals surface area contributed by atoms with Gasteiger partial charge in [-0.25, -0.2) is 0 Å². The van der Waals surface area contributed by atoms with Crippen molar-refractivity contribution >= 4 is 41.3 Å². The van der Waals surface area contributed by atoms with E-state index in [4.69, 9.17) is 5.73 Å². The van der Waals surface area contributed by atoms with Crippen LogP contribution < -0.4 is 11.1 Å². The first-order valence-electron chi connectivity index (χ1n) is 7.64. The number of aliphatic imine (C=N–C) groups is 1. The molecule has 2 unspecified atom stereocenters. The van der Waals surface area contributed by atoms with E-state index in [-0.39, 0.29) is 30.5 Å². The van der Waals surface area contributed by atoms with Gasteiger partial charge in [-0.3, -0.25) is 4.99 Å². The summed E-state index contributed by atoms with van der Waals surface area (Å²) in [5, 5.41) is 15.5. The van der Waals surface area contributed by atoms with Crippen molar-refractivity contribution in [2.24, 2.45) is 16.6 Å². The predicted octanol–water partition coefficient (Wildman–Crippen LogP) is 3.69. The normalized spacial score (nSPS) is 16.0. The van der Waals surface area contributed by atoms with Crippen molar-refractivity contribution in [3.8, 4) is 0 Å². The lowest BCUT2D eigenvalue weighted by Gasteiger charge is -2.20. The second-order valence-corrected chi connectivity index (χ2v) is 7.27. The lowest BCUT2D eigenvalue weighted by Crippen LogP contribution is -2.39. The summed E-state index contributed by atoms with van der Waals surface area (Å²) in [4.78, 5) is 5.18. The van der Waals surface area contributed by atoms with Crippen LogP contribution in [0.15, 0.2) is 22.5 Å². The second kappa shape index (κ2) is 10.4. The predicted molar refractivity (Wildman–Crippen MR) is 107 cm³/mol. The van der Waals surface area contributed by atoms with Crippen LogP contribution in [-0.4, -0.2) is 23.7 Å². The average molecular weight is 439 g/mol. The zero-order valence-corrected chi connectivity index (χ0v) is 17.2. The van der Waals surface area contributed by atoms with E-state index in [0.717, 1.165) is 17.2 Å². The van der Waals surface area contributed by atoms with Crippen LogP contribution in [0.4, 0.5) is 0 Å². The smallest absolute Gasteiger partial charge is 0.188 e. The standard InChI is InChI=1S/C16H29N3OS.HI/c1-12(2)7-5-8-13(3)19-15(17)18-11-16(4,20)14-9-6-10-21-14;/h6,9-10,12-13,20H,5,7-8,11H2,1-4H3,(H3,17,18,19);1H. The van der Waals surface area contributed by atoms with Gasteiger partial charge in [-0.2, -0.15) is 0 Å². The molecule has 0 aromatic carbocycles. The molecule has 1 heterocycles. The summed E-state index contributed by atoms with van der Waals surface area (Å²) in [6.45, 7) is 8.62. The molecule has 6 heteroatoms. The van der Waals surface area contributed by atoms with Crippen LogP contribution >= 0.6 is 35.3 Å². The van der Waals surface area contributed by atoms with E-state index in [1.54, 1.807) is 6.92 Å². The highest BCUT2D eigenvalue weighted by atomic mass is 127. The van der Waals surface area contributed by atoms with Crippen molar-refractivity contribution in [2.75, 3.05) is 6.54 Å². The monoisotopic (exact) mass is 439 g/mol. The van der Waals surface area contributed by atoms with Gasteiger partial charge >= 0.3 is 0 Å². The van der Waals surface area contributed by atoms with Gasteiger partial charge in [0.15, 0.2) is 5.96 Å². The molecule has 1 rings (SSSR count). The topological polar surface area (TPSA) is 70.6 Å². The van der Waals surface area contributed by atoms with E-state index in [0.29, 0.717) is 12.0 Å². The van der Waals surface area contributed by atoms with Crippen LogP contribution in [-0.2, 0) is 5.60 Å². The van der Waals surface area contributed by atoms with Crippen LogP contribution in [0.25, 0.3) is 0 Å². The molecule has 0 radical (unpaired) electrons. The first-order valence-corrected chi connectivity index (χ1v) is 8.52. The van der Waals surface area contributed by atoms with Gasteiger partial charge < -0.3 is 16.2 Å². The molecule has 0 saturated carbocycles. The quantitative estimate of drug-likeness (QED) is 0.329. The molecule has 0 aliphatic heterocycles. The number of aliphatic hydroxyl groups is 1. The van der Waals surface area contributed by atoms with E-state index in [1.165, 1.54) is 24.2 Å². The molecule has 0 spiro atoms. The fourth-order valence-corrected chi connectivity index (χ4v) is 2.88. The highest BCUT2D eigenvalue weighted by molar-refractivity contribution is 14.0. The molecule has 1 aromatic rings. The summed E-state index contributed by atoms with van der Waals surface area (Å²) in [6.07, 6.45) is 3.50. The molecular formula is C16H30IN3OS. The first-order chi connectivity index (χ1) is 9.81. The molecule has 4 nitrogen and oxygen atoms in total. The molecular weight excluding hydrogens is 409 g/mol. The summed E-state index contributed by atoms with van der Waals surface area (Å²) >= 11 is 1.53. The molecule has 2 atom stereocenters.